The summed E-state index contributed by atoms with van der Waals surface area (Å²) >= 11 is 0. The Hall–Kier alpha value is -0.120. The van der Waals surface area contributed by atoms with Gasteiger partial charge in [0.15, 0.2) is 0 Å². The molecule has 0 aromatic rings. The molecule has 0 bridgehead atoms. The summed E-state index contributed by atoms with van der Waals surface area (Å²) in [5, 5.41) is 3.30. The van der Waals surface area contributed by atoms with Gasteiger partial charge in [-0.3, -0.25) is 0 Å². The Kier molecular flexibility index (Phi) is 1.64. The molecule has 2 aliphatic rings. The number of hydrogen-bond acceptors (Lipinski definition) is 3. The van der Waals surface area contributed by atoms with E-state index in [1.165, 1.54) is 0 Å². The fourth-order valence-corrected chi connectivity index (χ4v) is 1.61. The molecule has 0 aliphatic carbocycles. The third-order valence-electron chi connectivity index (χ3n) is 2.33. The van der Waals surface area contributed by atoms with Gasteiger partial charge in [0.25, 0.3) is 0 Å². The van der Waals surface area contributed by atoms with E-state index in [4.69, 9.17) is 9.47 Å². The van der Waals surface area contributed by atoms with Crippen molar-refractivity contribution in [3.05, 3.63) is 0 Å². The molecular weight excluding hydrogens is 130 g/mol. The van der Waals surface area contributed by atoms with Crippen LogP contribution in [-0.2, 0) is 9.47 Å². The van der Waals surface area contributed by atoms with Crippen LogP contribution in [0.4, 0.5) is 0 Å². The monoisotopic (exact) mass is 143 g/mol. The molecule has 2 aliphatic heterocycles. The van der Waals surface area contributed by atoms with Crippen LogP contribution < -0.4 is 5.32 Å². The number of piperidine rings is 1. The Morgan fingerprint density at radius 1 is 1.20 bits per heavy atom. The van der Waals surface area contributed by atoms with Gasteiger partial charge in [-0.2, -0.15) is 0 Å². The van der Waals surface area contributed by atoms with Crippen molar-refractivity contribution in [3.63, 3.8) is 0 Å². The van der Waals surface area contributed by atoms with Crippen molar-refractivity contribution in [3.8, 4) is 0 Å². The molecule has 0 aromatic heterocycles. The van der Waals surface area contributed by atoms with Gasteiger partial charge < -0.3 is 14.8 Å². The van der Waals surface area contributed by atoms with Gasteiger partial charge in [0.1, 0.15) is 6.79 Å². The van der Waals surface area contributed by atoms with Gasteiger partial charge in [0.2, 0.25) is 0 Å². The minimum Gasteiger partial charge on any atom is -0.352 e. The Labute approximate surface area is 60.7 Å². The van der Waals surface area contributed by atoms with Gasteiger partial charge in [-0.05, 0) is 25.9 Å². The van der Waals surface area contributed by atoms with Crippen LogP contribution in [0.25, 0.3) is 0 Å². The Bertz CT molecular complexity index is 113. The van der Waals surface area contributed by atoms with Crippen LogP contribution in [-0.4, -0.2) is 32.1 Å². The molecule has 58 valence electrons. The van der Waals surface area contributed by atoms with Crippen LogP contribution in [0.3, 0.4) is 0 Å². The minimum absolute atomic E-state index is 0.0885. The predicted molar refractivity (Wildman–Crippen MR) is 36.7 cm³/mol. The molecule has 2 heterocycles. The van der Waals surface area contributed by atoms with Crippen molar-refractivity contribution < 1.29 is 9.47 Å². The molecule has 1 spiro atoms. The van der Waals surface area contributed by atoms with Crippen LogP contribution in [0.5, 0.6) is 0 Å². The van der Waals surface area contributed by atoms with E-state index in [-0.39, 0.29) is 5.60 Å². The molecule has 3 heteroatoms. The molecule has 3 nitrogen and oxygen atoms in total. The second-order valence-electron chi connectivity index (χ2n) is 3.04. The highest BCUT2D eigenvalue weighted by Gasteiger charge is 2.36. The Morgan fingerprint density at radius 3 is 2.60 bits per heavy atom. The standard InChI is InChI=1S/C7H13NO2/c1-3-8-4-2-7(1)5-9-6-10-7/h8H,1-6H2. The van der Waals surface area contributed by atoms with Crippen molar-refractivity contribution >= 4 is 0 Å². The van der Waals surface area contributed by atoms with E-state index in [2.05, 4.69) is 5.32 Å². The molecule has 0 radical (unpaired) electrons. The predicted octanol–water partition coefficient (Wildman–Crippen LogP) is 0.113. The van der Waals surface area contributed by atoms with Crippen LogP contribution in [0, 0.1) is 0 Å². The van der Waals surface area contributed by atoms with Crippen LogP contribution in [0.2, 0.25) is 0 Å². The molecule has 0 atom stereocenters. The molecule has 10 heavy (non-hydrogen) atoms. The van der Waals surface area contributed by atoms with Crippen LogP contribution in [0.15, 0.2) is 0 Å². The molecule has 0 unspecified atom stereocenters. The molecular formula is C7H13NO2. The van der Waals surface area contributed by atoms with Crippen LogP contribution >= 0.6 is 0 Å². The maximum atomic E-state index is 5.52. The normalized spacial score (nSPS) is 31.2. The van der Waals surface area contributed by atoms with Gasteiger partial charge in [-0.25, -0.2) is 0 Å². The smallest absolute Gasteiger partial charge is 0.147 e. The second-order valence-corrected chi connectivity index (χ2v) is 3.04. The maximum Gasteiger partial charge on any atom is 0.147 e. The lowest BCUT2D eigenvalue weighted by atomic mass is 9.94. The molecule has 0 aromatic carbocycles. The number of ether oxygens (including phenoxy) is 2. The average molecular weight is 143 g/mol. The summed E-state index contributed by atoms with van der Waals surface area (Å²) in [6.45, 7) is 3.45. The highest BCUT2D eigenvalue weighted by atomic mass is 16.7. The van der Waals surface area contributed by atoms with E-state index in [1.807, 2.05) is 0 Å². The van der Waals surface area contributed by atoms with Crippen molar-refractivity contribution in [2.45, 2.75) is 18.4 Å². The first kappa shape index (κ1) is 6.58. The van der Waals surface area contributed by atoms with Gasteiger partial charge in [0, 0.05) is 0 Å². The van der Waals surface area contributed by atoms with Gasteiger partial charge in [0.05, 0.1) is 12.2 Å². The first-order valence-electron chi connectivity index (χ1n) is 3.84. The molecule has 2 saturated heterocycles. The van der Waals surface area contributed by atoms with Gasteiger partial charge >= 0.3 is 0 Å². The first-order valence-corrected chi connectivity index (χ1v) is 3.84. The number of hydrogen-bond donors (Lipinski definition) is 1. The molecule has 0 amide bonds. The third-order valence-corrected chi connectivity index (χ3v) is 2.33. The molecule has 2 fully saturated rings. The Morgan fingerprint density at radius 2 is 2.00 bits per heavy atom. The van der Waals surface area contributed by atoms with E-state index < -0.39 is 0 Å². The SMILES string of the molecule is C1CC2(CCN1)COCO2. The van der Waals surface area contributed by atoms with E-state index in [0.29, 0.717) is 6.79 Å². The second kappa shape index (κ2) is 2.49. The van der Waals surface area contributed by atoms with Gasteiger partial charge in [-0.15, -0.1) is 0 Å². The summed E-state index contributed by atoms with van der Waals surface area (Å²) in [4.78, 5) is 0. The third kappa shape index (κ3) is 1.05. The van der Waals surface area contributed by atoms with Crippen LogP contribution in [0.1, 0.15) is 12.8 Å². The topological polar surface area (TPSA) is 30.5 Å². The lowest BCUT2D eigenvalue weighted by Gasteiger charge is -2.30. The van der Waals surface area contributed by atoms with Crippen molar-refractivity contribution in [2.75, 3.05) is 26.5 Å². The zero-order valence-electron chi connectivity index (χ0n) is 6.06. The summed E-state index contributed by atoms with van der Waals surface area (Å²) in [7, 11) is 0. The summed E-state index contributed by atoms with van der Waals surface area (Å²) in [6, 6.07) is 0. The fourth-order valence-electron chi connectivity index (χ4n) is 1.61. The summed E-state index contributed by atoms with van der Waals surface area (Å²) < 4.78 is 10.7. The van der Waals surface area contributed by atoms with E-state index in [1.54, 1.807) is 0 Å². The van der Waals surface area contributed by atoms with Gasteiger partial charge in [-0.1, -0.05) is 0 Å². The lowest BCUT2D eigenvalue weighted by molar-refractivity contribution is -0.0253. The van der Waals surface area contributed by atoms with E-state index in [9.17, 15) is 0 Å². The number of nitrogens with one attached hydrogen (secondary N) is 1. The highest BCUT2D eigenvalue weighted by molar-refractivity contribution is 4.87. The first-order chi connectivity index (χ1) is 4.91. The average Bonchev–Trinajstić information content (AvgIpc) is 2.39. The highest BCUT2D eigenvalue weighted by Crippen LogP contribution is 2.27. The zero-order valence-corrected chi connectivity index (χ0v) is 6.06. The molecule has 2 rings (SSSR count). The van der Waals surface area contributed by atoms with Crippen molar-refractivity contribution in [2.24, 2.45) is 0 Å². The largest absolute Gasteiger partial charge is 0.352 e. The van der Waals surface area contributed by atoms with E-state index >= 15 is 0 Å². The zero-order chi connectivity index (χ0) is 6.86. The fraction of sp³-hybridized carbons (Fsp3) is 1.00. The van der Waals surface area contributed by atoms with E-state index in [0.717, 1.165) is 32.5 Å². The summed E-state index contributed by atoms with van der Waals surface area (Å²) in [5.74, 6) is 0. The summed E-state index contributed by atoms with van der Waals surface area (Å²) in [5.41, 5.74) is 0.0885. The summed E-state index contributed by atoms with van der Waals surface area (Å²) in [6.07, 6.45) is 2.21. The molecule has 1 N–H and O–H groups in total. The van der Waals surface area contributed by atoms with Crippen molar-refractivity contribution in [1.82, 2.24) is 5.32 Å². The Balaban J connectivity index is 1.98. The maximum absolute atomic E-state index is 5.52. The quantitative estimate of drug-likeness (QED) is 0.522. The number of rotatable bonds is 0. The lowest BCUT2D eigenvalue weighted by Crippen LogP contribution is -2.43. The molecule has 0 saturated carbocycles. The van der Waals surface area contributed by atoms with Crippen molar-refractivity contribution in [1.29, 1.82) is 0 Å². The minimum atomic E-state index is 0.0885.